The van der Waals surface area contributed by atoms with Crippen molar-refractivity contribution in [3.8, 4) is 0 Å². The predicted octanol–water partition coefficient (Wildman–Crippen LogP) is 5.78. The van der Waals surface area contributed by atoms with Gasteiger partial charge in [0.15, 0.2) is 10.1 Å². The number of benzene rings is 2. The van der Waals surface area contributed by atoms with Crippen LogP contribution in [0.4, 0.5) is 5.13 Å². The van der Waals surface area contributed by atoms with E-state index in [-0.39, 0.29) is 15.7 Å². The van der Waals surface area contributed by atoms with Crippen molar-refractivity contribution in [2.24, 2.45) is 0 Å². The molecule has 33 heavy (non-hydrogen) atoms. The predicted molar refractivity (Wildman–Crippen MR) is 132 cm³/mol. The number of sulfone groups is 1. The first-order valence-corrected chi connectivity index (χ1v) is 13.6. The molecule has 4 aromatic rings. The molecule has 2 aromatic heterocycles. The molecule has 0 aliphatic rings. The van der Waals surface area contributed by atoms with Crippen LogP contribution in [0.3, 0.4) is 0 Å². The largest absolute Gasteiger partial charge is 0.439 e. The Labute approximate surface area is 207 Å². The summed E-state index contributed by atoms with van der Waals surface area (Å²) in [7, 11) is -3.87. The number of nitrogens with one attached hydrogen (secondary N) is 1. The molecule has 1 amide bonds. The lowest BCUT2D eigenvalue weighted by Gasteiger charge is -2.01. The average molecular weight is 562 g/mol. The highest BCUT2D eigenvalue weighted by Gasteiger charge is 2.24. The van der Waals surface area contributed by atoms with Crippen molar-refractivity contribution in [1.82, 2.24) is 10.2 Å². The van der Waals surface area contributed by atoms with Crippen LogP contribution in [-0.4, -0.2) is 30.3 Å². The van der Waals surface area contributed by atoms with Gasteiger partial charge >= 0.3 is 0 Å². The Morgan fingerprint density at radius 1 is 1.06 bits per heavy atom. The van der Waals surface area contributed by atoms with Crippen LogP contribution in [0.5, 0.6) is 0 Å². The minimum atomic E-state index is -3.87. The van der Waals surface area contributed by atoms with Gasteiger partial charge in [-0.1, -0.05) is 81.5 Å². The van der Waals surface area contributed by atoms with E-state index in [2.05, 4.69) is 31.4 Å². The number of thioether (sulfide) groups is 1. The normalized spacial score (nSPS) is 11.7. The number of hydrogen-bond acceptors (Lipinski definition) is 8. The van der Waals surface area contributed by atoms with Crippen LogP contribution in [0.1, 0.15) is 16.1 Å². The minimum absolute atomic E-state index is 0.0686. The lowest BCUT2D eigenvalue weighted by molar-refractivity contribution is 0.0991. The van der Waals surface area contributed by atoms with Gasteiger partial charge in [0.2, 0.25) is 20.1 Å². The van der Waals surface area contributed by atoms with E-state index in [1.54, 1.807) is 12.1 Å². The van der Waals surface area contributed by atoms with Crippen LogP contribution in [0.15, 0.2) is 96.0 Å². The Balaban J connectivity index is 1.35. The van der Waals surface area contributed by atoms with Gasteiger partial charge in [-0.05, 0) is 42.0 Å². The zero-order valence-corrected chi connectivity index (χ0v) is 20.9. The van der Waals surface area contributed by atoms with Crippen LogP contribution >= 0.6 is 39.0 Å². The fourth-order valence-electron chi connectivity index (χ4n) is 2.66. The Bertz CT molecular complexity index is 1380. The number of halogens is 1. The number of anilines is 1. The minimum Gasteiger partial charge on any atom is -0.439 e. The first-order chi connectivity index (χ1) is 15.9. The molecule has 0 aliphatic heterocycles. The summed E-state index contributed by atoms with van der Waals surface area (Å²) in [5.41, 5.74) is 1.11. The molecule has 2 aromatic carbocycles. The first-order valence-electron chi connectivity index (χ1n) is 9.51. The van der Waals surface area contributed by atoms with Crippen molar-refractivity contribution >= 4 is 66.0 Å². The number of carbonyl (C=O) groups excluding carboxylic acids is 1. The molecule has 2 heterocycles. The van der Waals surface area contributed by atoms with Gasteiger partial charge in [-0.3, -0.25) is 10.1 Å². The van der Waals surface area contributed by atoms with E-state index >= 15 is 0 Å². The van der Waals surface area contributed by atoms with Gasteiger partial charge in [0.25, 0.3) is 5.91 Å². The van der Waals surface area contributed by atoms with Crippen molar-refractivity contribution in [3.05, 3.63) is 88.6 Å². The third-order valence-electron chi connectivity index (χ3n) is 4.23. The van der Waals surface area contributed by atoms with Gasteiger partial charge in [-0.25, -0.2) is 8.42 Å². The van der Waals surface area contributed by atoms with Crippen molar-refractivity contribution < 1.29 is 17.6 Å². The van der Waals surface area contributed by atoms with Crippen LogP contribution in [0.2, 0.25) is 0 Å². The van der Waals surface area contributed by atoms with E-state index < -0.39 is 15.7 Å². The van der Waals surface area contributed by atoms with Crippen LogP contribution in [0, 0.1) is 0 Å². The van der Waals surface area contributed by atoms with Crippen molar-refractivity contribution in [2.75, 3.05) is 11.1 Å². The average Bonchev–Trinajstić information content (AvgIpc) is 3.48. The second kappa shape index (κ2) is 10.5. The molecule has 1 N–H and O–H groups in total. The Morgan fingerprint density at radius 3 is 2.58 bits per heavy atom. The second-order valence-corrected chi connectivity index (χ2v) is 11.6. The molecule has 0 atom stereocenters. The lowest BCUT2D eigenvalue weighted by atomic mass is 10.2. The van der Waals surface area contributed by atoms with Gasteiger partial charge in [0.1, 0.15) is 0 Å². The molecular weight excluding hydrogens is 546 g/mol. The SMILES string of the molecule is O=C(Nc1nnc(SC/C=C/c2ccccc2)s1)c1ccc(S(=O)(=O)c2ccc(Br)cc2)o1. The summed E-state index contributed by atoms with van der Waals surface area (Å²) in [5, 5.41) is 10.6. The van der Waals surface area contributed by atoms with Gasteiger partial charge < -0.3 is 4.42 Å². The van der Waals surface area contributed by atoms with E-state index in [0.717, 1.165) is 10.0 Å². The maximum atomic E-state index is 12.7. The molecule has 0 spiro atoms. The second-order valence-electron chi connectivity index (χ2n) is 6.53. The van der Waals surface area contributed by atoms with Crippen LogP contribution in [0.25, 0.3) is 6.08 Å². The summed E-state index contributed by atoms with van der Waals surface area (Å²) in [4.78, 5) is 12.5. The fraction of sp³-hybridized carbons (Fsp3) is 0.0455. The molecule has 0 saturated heterocycles. The zero-order chi connectivity index (χ0) is 23.3. The Morgan fingerprint density at radius 2 is 1.82 bits per heavy atom. The lowest BCUT2D eigenvalue weighted by Crippen LogP contribution is -2.10. The smallest absolute Gasteiger partial charge is 0.293 e. The van der Waals surface area contributed by atoms with E-state index in [9.17, 15) is 13.2 Å². The van der Waals surface area contributed by atoms with Crippen molar-refractivity contribution in [3.63, 3.8) is 0 Å². The monoisotopic (exact) mass is 561 g/mol. The number of carbonyl (C=O) groups is 1. The van der Waals surface area contributed by atoms with E-state index in [1.807, 2.05) is 42.5 Å². The molecule has 4 rings (SSSR count). The zero-order valence-electron chi connectivity index (χ0n) is 16.8. The van der Waals surface area contributed by atoms with E-state index in [1.165, 1.54) is 47.4 Å². The highest BCUT2D eigenvalue weighted by molar-refractivity contribution is 9.10. The third kappa shape index (κ3) is 5.99. The maximum Gasteiger partial charge on any atom is 0.293 e. The summed E-state index contributed by atoms with van der Waals surface area (Å²) in [5.74, 6) is -0.0442. The standard InChI is InChI=1S/C22H16BrN3O4S3/c23-16-8-10-17(11-9-16)33(28,29)19-13-12-18(30-19)20(27)24-21-25-26-22(32-21)31-14-4-7-15-5-2-1-3-6-15/h1-13H,14H2,(H,24,25,27)/b7-4+. The van der Waals surface area contributed by atoms with Gasteiger partial charge in [-0.15, -0.1) is 10.2 Å². The highest BCUT2D eigenvalue weighted by atomic mass is 79.9. The number of hydrogen-bond donors (Lipinski definition) is 1. The van der Waals surface area contributed by atoms with Gasteiger partial charge in [0.05, 0.1) is 4.90 Å². The summed E-state index contributed by atoms with van der Waals surface area (Å²) in [6, 6.07) is 18.7. The van der Waals surface area contributed by atoms with E-state index in [0.29, 0.717) is 15.2 Å². The summed E-state index contributed by atoms with van der Waals surface area (Å²) in [6.45, 7) is 0. The highest BCUT2D eigenvalue weighted by Crippen LogP contribution is 2.27. The first kappa shape index (κ1) is 23.4. The quantitative estimate of drug-likeness (QED) is 0.214. The number of furan rings is 1. The molecular formula is C22H16BrN3O4S3. The molecule has 0 bridgehead atoms. The molecule has 7 nitrogen and oxygen atoms in total. The van der Waals surface area contributed by atoms with E-state index in [4.69, 9.17) is 4.42 Å². The number of amides is 1. The summed E-state index contributed by atoms with van der Waals surface area (Å²) in [6.07, 6.45) is 4.05. The molecule has 11 heteroatoms. The van der Waals surface area contributed by atoms with Gasteiger partial charge in [0, 0.05) is 10.2 Å². The number of nitrogens with zero attached hydrogens (tertiary/aromatic N) is 2. The molecule has 0 aliphatic carbocycles. The maximum absolute atomic E-state index is 12.7. The molecule has 0 unspecified atom stereocenters. The number of aromatic nitrogens is 2. The van der Waals surface area contributed by atoms with Crippen molar-refractivity contribution in [2.45, 2.75) is 14.3 Å². The number of rotatable bonds is 8. The molecule has 168 valence electrons. The Kier molecular flexibility index (Phi) is 7.43. The summed E-state index contributed by atoms with van der Waals surface area (Å²) >= 11 is 5.98. The Hall–Kier alpha value is -2.73. The summed E-state index contributed by atoms with van der Waals surface area (Å²) < 4.78 is 32.2. The molecule has 0 fully saturated rings. The van der Waals surface area contributed by atoms with Crippen LogP contribution < -0.4 is 5.32 Å². The molecule has 0 saturated carbocycles. The fourth-order valence-corrected chi connectivity index (χ4v) is 5.68. The topological polar surface area (TPSA) is 102 Å². The van der Waals surface area contributed by atoms with Crippen molar-refractivity contribution in [1.29, 1.82) is 0 Å². The molecule has 0 radical (unpaired) electrons. The van der Waals surface area contributed by atoms with Gasteiger partial charge in [-0.2, -0.15) is 0 Å². The van der Waals surface area contributed by atoms with Crippen LogP contribution in [-0.2, 0) is 9.84 Å². The third-order valence-corrected chi connectivity index (χ3v) is 8.33.